The lowest BCUT2D eigenvalue weighted by molar-refractivity contribution is -0.386. The molecule has 1 aromatic carbocycles. The average Bonchev–Trinajstić information content (AvgIpc) is 2.86. The summed E-state index contributed by atoms with van der Waals surface area (Å²) in [5.41, 5.74) is 9.76. The Labute approximate surface area is 151 Å². The zero-order valence-electron chi connectivity index (χ0n) is 15.0. The maximum absolute atomic E-state index is 12.4. The van der Waals surface area contributed by atoms with Gasteiger partial charge in [-0.25, -0.2) is 0 Å². The summed E-state index contributed by atoms with van der Waals surface area (Å²) in [6, 6.07) is 5.81. The molecular weight excluding hydrogens is 334 g/mol. The van der Waals surface area contributed by atoms with E-state index in [0.29, 0.717) is 17.9 Å². The summed E-state index contributed by atoms with van der Waals surface area (Å²) in [5.74, 6) is -0.0881. The summed E-state index contributed by atoms with van der Waals surface area (Å²) >= 11 is 0. The lowest BCUT2D eigenvalue weighted by atomic mass is 9.87. The molecule has 0 radical (unpaired) electrons. The van der Waals surface area contributed by atoms with E-state index in [1.807, 2.05) is 18.2 Å². The van der Waals surface area contributed by atoms with Crippen LogP contribution in [-0.4, -0.2) is 20.6 Å². The molecule has 1 aliphatic carbocycles. The lowest BCUT2D eigenvalue weighted by Gasteiger charge is -2.26. The summed E-state index contributed by atoms with van der Waals surface area (Å²) in [5, 5.41) is 18.3. The number of aromatic nitrogens is 2. The van der Waals surface area contributed by atoms with Crippen LogP contribution < -0.4 is 11.1 Å². The molecule has 1 aliphatic rings. The van der Waals surface area contributed by atoms with Crippen LogP contribution in [0.3, 0.4) is 0 Å². The van der Waals surface area contributed by atoms with E-state index >= 15 is 0 Å². The molecule has 1 unspecified atom stereocenters. The summed E-state index contributed by atoms with van der Waals surface area (Å²) in [6.07, 6.45) is 3.10. The Hall–Kier alpha value is -2.90. The Bertz CT molecular complexity index is 859. The van der Waals surface area contributed by atoms with Crippen LogP contribution in [0, 0.1) is 24.0 Å². The van der Waals surface area contributed by atoms with Gasteiger partial charge in [0.15, 0.2) is 0 Å². The van der Waals surface area contributed by atoms with Crippen molar-refractivity contribution in [2.45, 2.75) is 52.1 Å². The number of carbonyl (C=O) groups excluding carboxylic acids is 1. The zero-order chi connectivity index (χ0) is 18.8. The van der Waals surface area contributed by atoms with Gasteiger partial charge < -0.3 is 11.1 Å². The predicted octanol–water partition coefficient (Wildman–Crippen LogP) is 2.57. The molecule has 138 valence electrons. The van der Waals surface area contributed by atoms with Gasteiger partial charge >= 0.3 is 5.69 Å². The van der Waals surface area contributed by atoms with Gasteiger partial charge in [0.1, 0.15) is 11.4 Å². The van der Waals surface area contributed by atoms with Crippen molar-refractivity contribution in [3.63, 3.8) is 0 Å². The van der Waals surface area contributed by atoms with Gasteiger partial charge in [0.25, 0.3) is 0 Å². The molecule has 1 amide bonds. The van der Waals surface area contributed by atoms with Gasteiger partial charge in [0.2, 0.25) is 5.91 Å². The van der Waals surface area contributed by atoms with Crippen molar-refractivity contribution in [1.82, 2.24) is 15.1 Å². The molecular formula is C18H23N5O3. The number of nitrogens with zero attached hydrogens (tertiary/aromatic N) is 3. The highest BCUT2D eigenvalue weighted by molar-refractivity contribution is 5.76. The van der Waals surface area contributed by atoms with Crippen molar-refractivity contribution >= 4 is 17.3 Å². The third-order valence-electron chi connectivity index (χ3n) is 4.89. The first-order valence-electron chi connectivity index (χ1n) is 8.73. The first kappa shape index (κ1) is 17.9. The van der Waals surface area contributed by atoms with E-state index in [1.165, 1.54) is 10.2 Å². The SMILES string of the molecule is Cc1nn(CCC(=O)NC2CCCc3cc(N)ccc32)c(C)c1[N+](=O)[O-]. The van der Waals surface area contributed by atoms with E-state index in [-0.39, 0.29) is 24.1 Å². The highest BCUT2D eigenvalue weighted by Crippen LogP contribution is 2.31. The van der Waals surface area contributed by atoms with Crippen molar-refractivity contribution < 1.29 is 9.72 Å². The number of hydrogen-bond donors (Lipinski definition) is 2. The number of nitrogen functional groups attached to an aromatic ring is 1. The molecule has 8 nitrogen and oxygen atoms in total. The van der Waals surface area contributed by atoms with Gasteiger partial charge in [-0.05, 0) is 56.4 Å². The molecule has 1 atom stereocenters. The van der Waals surface area contributed by atoms with Crippen LogP contribution in [0.4, 0.5) is 11.4 Å². The molecule has 0 spiro atoms. The maximum Gasteiger partial charge on any atom is 0.312 e. The van der Waals surface area contributed by atoms with Crippen molar-refractivity contribution in [3.05, 3.63) is 50.8 Å². The minimum Gasteiger partial charge on any atom is -0.399 e. The topological polar surface area (TPSA) is 116 Å². The Morgan fingerprint density at radius 2 is 2.23 bits per heavy atom. The molecule has 3 N–H and O–H groups in total. The normalized spacial score (nSPS) is 16.2. The Morgan fingerprint density at radius 1 is 1.46 bits per heavy atom. The fourth-order valence-corrected chi connectivity index (χ4v) is 3.63. The average molecular weight is 357 g/mol. The van der Waals surface area contributed by atoms with Gasteiger partial charge in [-0.15, -0.1) is 0 Å². The van der Waals surface area contributed by atoms with E-state index in [1.54, 1.807) is 13.8 Å². The van der Waals surface area contributed by atoms with Crippen LogP contribution in [0.5, 0.6) is 0 Å². The largest absolute Gasteiger partial charge is 0.399 e. The van der Waals surface area contributed by atoms with Gasteiger partial charge in [0.05, 0.1) is 17.5 Å². The van der Waals surface area contributed by atoms with E-state index < -0.39 is 4.92 Å². The van der Waals surface area contributed by atoms with E-state index in [0.717, 1.165) is 30.5 Å². The van der Waals surface area contributed by atoms with E-state index in [2.05, 4.69) is 10.4 Å². The van der Waals surface area contributed by atoms with Crippen LogP contribution in [-0.2, 0) is 17.8 Å². The smallest absolute Gasteiger partial charge is 0.312 e. The second kappa shape index (κ2) is 7.15. The van der Waals surface area contributed by atoms with Crippen LogP contribution in [0.1, 0.15) is 47.8 Å². The molecule has 1 heterocycles. The quantitative estimate of drug-likeness (QED) is 0.485. The molecule has 0 fully saturated rings. The van der Waals surface area contributed by atoms with Crippen LogP contribution in [0.25, 0.3) is 0 Å². The van der Waals surface area contributed by atoms with Crippen molar-refractivity contribution in [2.75, 3.05) is 5.73 Å². The number of carbonyl (C=O) groups is 1. The number of nitro groups is 1. The zero-order valence-corrected chi connectivity index (χ0v) is 15.0. The molecule has 0 aliphatic heterocycles. The highest BCUT2D eigenvalue weighted by Gasteiger charge is 2.24. The molecule has 26 heavy (non-hydrogen) atoms. The van der Waals surface area contributed by atoms with Gasteiger partial charge in [0, 0.05) is 12.1 Å². The standard InChI is InChI=1S/C18H23N5O3/c1-11-18(23(25)26)12(2)22(21-11)9-8-17(24)20-16-5-3-4-13-10-14(19)6-7-15(13)16/h6-7,10,16H,3-5,8-9,19H2,1-2H3,(H,20,24). The third kappa shape index (κ3) is 3.54. The Morgan fingerprint density at radius 3 is 2.92 bits per heavy atom. The number of nitrogens with two attached hydrogens (primary N) is 1. The number of rotatable bonds is 5. The lowest BCUT2D eigenvalue weighted by Crippen LogP contribution is -2.31. The molecule has 2 aromatic rings. The predicted molar refractivity (Wildman–Crippen MR) is 97.6 cm³/mol. The monoisotopic (exact) mass is 357 g/mol. The Balaban J connectivity index is 1.64. The minimum absolute atomic E-state index is 0.0124. The molecule has 3 rings (SSSR count). The van der Waals surface area contributed by atoms with Crippen LogP contribution in [0.15, 0.2) is 18.2 Å². The van der Waals surface area contributed by atoms with Gasteiger partial charge in [-0.1, -0.05) is 6.07 Å². The minimum atomic E-state index is -0.432. The van der Waals surface area contributed by atoms with E-state index in [4.69, 9.17) is 5.73 Å². The highest BCUT2D eigenvalue weighted by atomic mass is 16.6. The first-order valence-corrected chi connectivity index (χ1v) is 8.73. The number of fused-ring (bicyclic) bond motifs is 1. The second-order valence-electron chi connectivity index (χ2n) is 6.72. The summed E-state index contributed by atoms with van der Waals surface area (Å²) < 4.78 is 1.53. The fourth-order valence-electron chi connectivity index (χ4n) is 3.63. The number of anilines is 1. The molecule has 0 bridgehead atoms. The van der Waals surface area contributed by atoms with E-state index in [9.17, 15) is 14.9 Å². The summed E-state index contributed by atoms with van der Waals surface area (Å²) in [6.45, 7) is 3.57. The van der Waals surface area contributed by atoms with Crippen molar-refractivity contribution in [3.8, 4) is 0 Å². The third-order valence-corrected chi connectivity index (χ3v) is 4.89. The van der Waals surface area contributed by atoms with Crippen molar-refractivity contribution in [1.29, 1.82) is 0 Å². The van der Waals surface area contributed by atoms with Crippen LogP contribution >= 0.6 is 0 Å². The number of hydrogen-bond acceptors (Lipinski definition) is 5. The molecule has 0 saturated heterocycles. The first-order chi connectivity index (χ1) is 12.4. The second-order valence-corrected chi connectivity index (χ2v) is 6.72. The molecule has 0 saturated carbocycles. The number of nitrogens with one attached hydrogen (secondary N) is 1. The number of aryl methyl sites for hydroxylation is 3. The Kier molecular flexibility index (Phi) is 4.92. The van der Waals surface area contributed by atoms with Gasteiger partial charge in [-0.2, -0.15) is 5.10 Å². The number of benzene rings is 1. The molecule has 1 aromatic heterocycles. The number of amides is 1. The van der Waals surface area contributed by atoms with Crippen LogP contribution in [0.2, 0.25) is 0 Å². The summed E-state index contributed by atoms with van der Waals surface area (Å²) in [4.78, 5) is 23.0. The molecule has 8 heteroatoms. The van der Waals surface area contributed by atoms with Gasteiger partial charge in [-0.3, -0.25) is 19.6 Å². The maximum atomic E-state index is 12.4. The summed E-state index contributed by atoms with van der Waals surface area (Å²) in [7, 11) is 0. The fraction of sp³-hybridized carbons (Fsp3) is 0.444. The van der Waals surface area contributed by atoms with Crippen molar-refractivity contribution in [2.24, 2.45) is 0 Å².